The zero-order chi connectivity index (χ0) is 24.7. The molecule has 0 aliphatic carbocycles. The van der Waals surface area contributed by atoms with Gasteiger partial charge in [0, 0.05) is 48.7 Å². The van der Waals surface area contributed by atoms with E-state index in [9.17, 15) is 13.2 Å². The summed E-state index contributed by atoms with van der Waals surface area (Å²) in [5.74, 6) is 0.676. The first-order valence-electron chi connectivity index (χ1n) is 11.6. The second-order valence-electron chi connectivity index (χ2n) is 8.70. The Labute approximate surface area is 204 Å². The minimum Gasteiger partial charge on any atom is -0.368 e. The number of H-pyrrole nitrogens is 1. The molecule has 0 unspecified atom stereocenters. The lowest BCUT2D eigenvalue weighted by molar-refractivity contribution is -0.137. The highest BCUT2D eigenvalue weighted by molar-refractivity contribution is 6.13. The fourth-order valence-electron chi connectivity index (χ4n) is 4.60. The third kappa shape index (κ3) is 4.20. The first-order chi connectivity index (χ1) is 17.5. The average molecular weight is 490 g/mol. The number of fused-ring (bicyclic) bond motifs is 3. The van der Waals surface area contributed by atoms with E-state index in [1.165, 1.54) is 6.07 Å². The minimum absolute atomic E-state index is 0.437. The maximum Gasteiger partial charge on any atom is 0.416 e. The molecule has 1 aliphatic rings. The molecule has 5 heterocycles. The van der Waals surface area contributed by atoms with Gasteiger partial charge >= 0.3 is 6.18 Å². The van der Waals surface area contributed by atoms with Crippen LogP contribution in [0.3, 0.4) is 0 Å². The molecule has 36 heavy (non-hydrogen) atoms. The molecule has 0 atom stereocenters. The molecule has 0 spiro atoms. The summed E-state index contributed by atoms with van der Waals surface area (Å²) >= 11 is 0. The van der Waals surface area contributed by atoms with E-state index in [-0.39, 0.29) is 0 Å². The normalized spacial score (nSPS) is 14.5. The molecule has 10 heteroatoms. The lowest BCUT2D eigenvalue weighted by Crippen LogP contribution is -2.43. The average Bonchev–Trinajstić information content (AvgIpc) is 3.27. The third-order valence-electron chi connectivity index (χ3n) is 6.36. The maximum atomic E-state index is 13.3. The molecule has 3 N–H and O–H groups in total. The Bertz CT molecular complexity index is 1540. The van der Waals surface area contributed by atoms with Crippen LogP contribution in [-0.4, -0.2) is 46.1 Å². The van der Waals surface area contributed by atoms with E-state index < -0.39 is 11.7 Å². The Balaban J connectivity index is 1.36. The van der Waals surface area contributed by atoms with Crippen LogP contribution in [0.4, 0.5) is 30.4 Å². The Kier molecular flexibility index (Phi) is 5.45. The number of alkyl halides is 3. The van der Waals surface area contributed by atoms with Crippen molar-refractivity contribution in [2.24, 2.45) is 0 Å². The van der Waals surface area contributed by atoms with E-state index in [1.54, 1.807) is 24.7 Å². The molecule has 1 aromatic carbocycles. The molecule has 0 amide bonds. The quantitative estimate of drug-likeness (QED) is 0.316. The highest BCUT2D eigenvalue weighted by Gasteiger charge is 2.30. The van der Waals surface area contributed by atoms with Crippen molar-refractivity contribution in [3.8, 4) is 11.1 Å². The Hall–Kier alpha value is -4.18. The Morgan fingerprint density at radius 2 is 1.78 bits per heavy atom. The van der Waals surface area contributed by atoms with E-state index in [4.69, 9.17) is 0 Å². The fraction of sp³-hybridized carbons (Fsp3) is 0.192. The van der Waals surface area contributed by atoms with Crippen LogP contribution in [0.2, 0.25) is 0 Å². The predicted octanol–water partition coefficient (Wildman–Crippen LogP) is 5.35. The van der Waals surface area contributed by atoms with Gasteiger partial charge < -0.3 is 20.5 Å². The molecule has 0 radical (unpaired) electrons. The molecule has 1 fully saturated rings. The second kappa shape index (κ2) is 8.80. The first kappa shape index (κ1) is 22.3. The van der Waals surface area contributed by atoms with E-state index in [2.05, 4.69) is 35.5 Å². The highest BCUT2D eigenvalue weighted by Crippen LogP contribution is 2.37. The number of rotatable bonds is 4. The van der Waals surface area contributed by atoms with Crippen LogP contribution < -0.4 is 15.5 Å². The maximum absolute atomic E-state index is 13.3. The van der Waals surface area contributed by atoms with Gasteiger partial charge in [-0.05, 0) is 35.9 Å². The van der Waals surface area contributed by atoms with Gasteiger partial charge in [0.15, 0.2) is 0 Å². The van der Waals surface area contributed by atoms with E-state index in [0.29, 0.717) is 28.1 Å². The highest BCUT2D eigenvalue weighted by atomic mass is 19.4. The number of hydrogen-bond acceptors (Lipinski definition) is 6. The van der Waals surface area contributed by atoms with Crippen LogP contribution in [0.25, 0.3) is 33.1 Å². The molecule has 0 bridgehead atoms. The van der Waals surface area contributed by atoms with Gasteiger partial charge in [-0.3, -0.25) is 4.98 Å². The summed E-state index contributed by atoms with van der Waals surface area (Å²) in [5.41, 5.74) is 3.45. The molecule has 4 aromatic heterocycles. The van der Waals surface area contributed by atoms with Crippen LogP contribution in [0.5, 0.6) is 0 Å². The van der Waals surface area contributed by atoms with Crippen LogP contribution >= 0.6 is 0 Å². The molecule has 1 aliphatic heterocycles. The number of piperazine rings is 1. The predicted molar refractivity (Wildman–Crippen MR) is 134 cm³/mol. The van der Waals surface area contributed by atoms with Crippen LogP contribution in [0.1, 0.15) is 5.56 Å². The van der Waals surface area contributed by atoms with Crippen molar-refractivity contribution in [1.29, 1.82) is 0 Å². The van der Waals surface area contributed by atoms with Gasteiger partial charge in [-0.25, -0.2) is 9.97 Å². The van der Waals surface area contributed by atoms with Gasteiger partial charge in [0.25, 0.3) is 0 Å². The number of aromatic nitrogens is 4. The van der Waals surface area contributed by atoms with Gasteiger partial charge in [-0.2, -0.15) is 13.2 Å². The topological polar surface area (TPSA) is 81.8 Å². The number of benzene rings is 1. The lowest BCUT2D eigenvalue weighted by atomic mass is 10.00. The SMILES string of the molecule is FC(F)(F)c1cccc(-c2cncc3[nH]c4ncc(Nc5ccc(N6CCNCC6)cn5)cc4c23)c1. The number of nitrogens with one attached hydrogen (secondary N) is 3. The number of aromatic amines is 1. The number of anilines is 3. The molecule has 7 nitrogen and oxygen atoms in total. The Morgan fingerprint density at radius 3 is 2.56 bits per heavy atom. The van der Waals surface area contributed by atoms with Crippen LogP contribution in [0.15, 0.2) is 67.3 Å². The van der Waals surface area contributed by atoms with Crippen molar-refractivity contribution < 1.29 is 13.2 Å². The largest absolute Gasteiger partial charge is 0.416 e. The van der Waals surface area contributed by atoms with Crippen LogP contribution in [0, 0.1) is 0 Å². The third-order valence-corrected chi connectivity index (χ3v) is 6.36. The monoisotopic (exact) mass is 489 g/mol. The van der Waals surface area contributed by atoms with Crippen molar-refractivity contribution in [1.82, 2.24) is 25.3 Å². The van der Waals surface area contributed by atoms with Crippen molar-refractivity contribution in [3.63, 3.8) is 0 Å². The summed E-state index contributed by atoms with van der Waals surface area (Å²) in [7, 11) is 0. The molecular weight excluding hydrogens is 467 g/mol. The number of pyridine rings is 3. The second-order valence-corrected chi connectivity index (χ2v) is 8.70. The number of hydrogen-bond donors (Lipinski definition) is 3. The van der Waals surface area contributed by atoms with E-state index in [1.807, 2.05) is 24.4 Å². The standard InChI is InChI=1S/C26H22F3N7/c27-26(28,29)17-3-1-2-16(10-17)21-14-31-15-22-24(21)20-11-18(12-33-25(20)35-22)34-23-5-4-19(13-32-23)36-8-6-30-7-9-36/h1-5,10-15,30H,6-9H2,(H,32,34)(H,33,35). The molecule has 6 rings (SSSR count). The summed E-state index contributed by atoms with van der Waals surface area (Å²) in [6, 6.07) is 11.2. The van der Waals surface area contributed by atoms with Crippen molar-refractivity contribution in [2.45, 2.75) is 6.18 Å². The zero-order valence-electron chi connectivity index (χ0n) is 19.1. The summed E-state index contributed by atoms with van der Waals surface area (Å²) < 4.78 is 40.0. The molecule has 5 aromatic rings. The van der Waals surface area contributed by atoms with Crippen molar-refractivity contribution >= 4 is 39.1 Å². The fourth-order valence-corrected chi connectivity index (χ4v) is 4.60. The zero-order valence-corrected chi connectivity index (χ0v) is 19.1. The van der Waals surface area contributed by atoms with Crippen LogP contribution in [-0.2, 0) is 6.18 Å². The van der Waals surface area contributed by atoms with Gasteiger partial charge in [-0.15, -0.1) is 0 Å². The molecule has 182 valence electrons. The summed E-state index contributed by atoms with van der Waals surface area (Å²) in [6.45, 7) is 3.79. The summed E-state index contributed by atoms with van der Waals surface area (Å²) in [6.07, 6.45) is 2.35. The van der Waals surface area contributed by atoms with Gasteiger partial charge in [-0.1, -0.05) is 12.1 Å². The molecular formula is C26H22F3N7. The molecule has 0 saturated carbocycles. The lowest BCUT2D eigenvalue weighted by Gasteiger charge is -2.29. The van der Waals surface area contributed by atoms with Gasteiger partial charge in [0.1, 0.15) is 11.5 Å². The Morgan fingerprint density at radius 1 is 0.917 bits per heavy atom. The van der Waals surface area contributed by atoms with Gasteiger partial charge in [0.2, 0.25) is 0 Å². The van der Waals surface area contributed by atoms with E-state index in [0.717, 1.165) is 60.5 Å². The number of nitrogens with zero attached hydrogens (tertiary/aromatic N) is 4. The van der Waals surface area contributed by atoms with Crippen molar-refractivity contribution in [3.05, 3.63) is 72.8 Å². The smallest absolute Gasteiger partial charge is 0.368 e. The van der Waals surface area contributed by atoms with Gasteiger partial charge in [0.05, 0.1) is 41.0 Å². The number of halogens is 3. The van der Waals surface area contributed by atoms with Crippen molar-refractivity contribution in [2.75, 3.05) is 36.4 Å². The molecule has 1 saturated heterocycles. The summed E-state index contributed by atoms with van der Waals surface area (Å²) in [4.78, 5) is 18.8. The first-order valence-corrected chi connectivity index (χ1v) is 11.6. The summed E-state index contributed by atoms with van der Waals surface area (Å²) in [5, 5.41) is 8.17. The van der Waals surface area contributed by atoms with E-state index >= 15 is 0 Å². The minimum atomic E-state index is -4.43.